The minimum atomic E-state index is -0.389. The Bertz CT molecular complexity index is 534. The Kier molecular flexibility index (Phi) is 1.75. The van der Waals surface area contributed by atoms with E-state index in [0.29, 0.717) is 6.04 Å². The number of nitrogens with zero attached hydrogens (tertiary/aromatic N) is 2. The van der Waals surface area contributed by atoms with Gasteiger partial charge >= 0.3 is 0 Å². The Labute approximate surface area is 86.8 Å². The van der Waals surface area contributed by atoms with E-state index in [1.54, 1.807) is 6.08 Å². The fourth-order valence-electron chi connectivity index (χ4n) is 1.56. The second kappa shape index (κ2) is 3.09. The summed E-state index contributed by atoms with van der Waals surface area (Å²) in [5.41, 5.74) is 6.78. The van der Waals surface area contributed by atoms with E-state index in [1.165, 1.54) is 18.9 Å². The molecule has 2 nitrogen and oxygen atoms in total. The third-order valence-electron chi connectivity index (χ3n) is 2.56. The molecule has 1 aromatic rings. The summed E-state index contributed by atoms with van der Waals surface area (Å²) in [5.74, 6) is -0.389. The molecule has 0 bridgehead atoms. The standard InChI is InChI=1S/C12H9FN2/c13-10-3-1-9(2-4-10)12-7-15(8-14-12)11-5-6-11/h1,3,7-8,11H,5-6H2. The third kappa shape index (κ3) is 1.59. The SMILES string of the molecule is FC1=C=C=C(c2cn(C3CC3)cn2)C=C1. The van der Waals surface area contributed by atoms with Crippen LogP contribution in [0, 0.1) is 0 Å². The molecule has 15 heavy (non-hydrogen) atoms. The van der Waals surface area contributed by atoms with Crippen LogP contribution in [-0.2, 0) is 0 Å². The van der Waals surface area contributed by atoms with Gasteiger partial charge in [-0.1, -0.05) is 5.73 Å². The monoisotopic (exact) mass is 200 g/mol. The van der Waals surface area contributed by atoms with Crippen LogP contribution in [0.1, 0.15) is 24.6 Å². The van der Waals surface area contributed by atoms with Crippen molar-refractivity contribution in [3.05, 3.63) is 47.7 Å². The summed E-state index contributed by atoms with van der Waals surface area (Å²) >= 11 is 0. The summed E-state index contributed by atoms with van der Waals surface area (Å²) in [7, 11) is 0. The summed E-state index contributed by atoms with van der Waals surface area (Å²) in [4.78, 5) is 4.27. The molecular formula is C12H9FN2. The number of allylic oxidation sites excluding steroid dienone is 4. The zero-order valence-corrected chi connectivity index (χ0v) is 8.07. The van der Waals surface area contributed by atoms with Gasteiger partial charge < -0.3 is 4.57 Å². The number of rotatable bonds is 2. The van der Waals surface area contributed by atoms with Crippen LogP contribution >= 0.6 is 0 Å². The molecule has 3 rings (SSSR count). The number of aromatic nitrogens is 2. The first-order valence-corrected chi connectivity index (χ1v) is 4.96. The maximum atomic E-state index is 12.6. The molecule has 0 unspecified atom stereocenters. The van der Waals surface area contributed by atoms with Gasteiger partial charge in [-0.25, -0.2) is 4.98 Å². The lowest BCUT2D eigenvalue weighted by atomic mass is 10.1. The smallest absolute Gasteiger partial charge is 0.173 e. The zero-order valence-electron chi connectivity index (χ0n) is 8.07. The predicted octanol–water partition coefficient (Wildman–Crippen LogP) is 2.78. The molecule has 0 saturated heterocycles. The van der Waals surface area contributed by atoms with Crippen LogP contribution in [-0.4, -0.2) is 9.55 Å². The minimum Gasteiger partial charge on any atom is -0.334 e. The second-order valence-corrected chi connectivity index (χ2v) is 3.78. The van der Waals surface area contributed by atoms with Gasteiger partial charge in [-0.15, -0.1) is 0 Å². The van der Waals surface area contributed by atoms with Gasteiger partial charge in [0.15, 0.2) is 5.83 Å². The lowest BCUT2D eigenvalue weighted by molar-refractivity contribution is 0.669. The molecule has 74 valence electrons. The molecule has 1 heterocycles. The molecular weight excluding hydrogens is 191 g/mol. The van der Waals surface area contributed by atoms with E-state index in [4.69, 9.17) is 0 Å². The van der Waals surface area contributed by atoms with Gasteiger partial charge in [-0.3, -0.25) is 0 Å². The number of halogens is 1. The maximum Gasteiger partial charge on any atom is 0.173 e. The van der Waals surface area contributed by atoms with E-state index in [2.05, 4.69) is 21.0 Å². The molecule has 0 radical (unpaired) electrons. The van der Waals surface area contributed by atoms with Crippen molar-refractivity contribution in [3.8, 4) is 0 Å². The summed E-state index contributed by atoms with van der Waals surface area (Å²) in [6, 6.07) is 0.621. The second-order valence-electron chi connectivity index (χ2n) is 3.78. The van der Waals surface area contributed by atoms with Crippen LogP contribution in [0.25, 0.3) is 5.57 Å². The van der Waals surface area contributed by atoms with Gasteiger partial charge in [0.05, 0.1) is 17.6 Å². The number of imidazole rings is 1. The van der Waals surface area contributed by atoms with Crippen LogP contribution < -0.4 is 0 Å². The van der Waals surface area contributed by atoms with Gasteiger partial charge in [0.2, 0.25) is 0 Å². The lowest BCUT2D eigenvalue weighted by Gasteiger charge is -1.96. The molecule has 2 aliphatic carbocycles. The average molecular weight is 200 g/mol. The largest absolute Gasteiger partial charge is 0.334 e. The molecule has 0 atom stereocenters. The van der Waals surface area contributed by atoms with Crippen LogP contribution in [0.5, 0.6) is 0 Å². The summed E-state index contributed by atoms with van der Waals surface area (Å²) < 4.78 is 14.7. The Balaban J connectivity index is 1.99. The molecule has 0 aliphatic heterocycles. The van der Waals surface area contributed by atoms with Gasteiger partial charge in [0.25, 0.3) is 0 Å². The highest BCUT2D eigenvalue weighted by atomic mass is 19.1. The van der Waals surface area contributed by atoms with Gasteiger partial charge in [-0.2, -0.15) is 4.39 Å². The first-order valence-electron chi connectivity index (χ1n) is 4.96. The molecule has 0 N–H and O–H groups in total. The quantitative estimate of drug-likeness (QED) is 0.671. The maximum absolute atomic E-state index is 12.6. The van der Waals surface area contributed by atoms with E-state index in [-0.39, 0.29) is 5.83 Å². The first-order chi connectivity index (χ1) is 7.33. The van der Waals surface area contributed by atoms with Crippen molar-refractivity contribution in [2.24, 2.45) is 0 Å². The Morgan fingerprint density at radius 1 is 1.33 bits per heavy atom. The molecule has 0 aromatic carbocycles. The fourth-order valence-corrected chi connectivity index (χ4v) is 1.56. The zero-order chi connectivity index (χ0) is 10.3. The van der Waals surface area contributed by atoms with Crippen molar-refractivity contribution < 1.29 is 4.39 Å². The highest BCUT2D eigenvalue weighted by molar-refractivity contribution is 5.72. The molecule has 0 amide bonds. The summed E-state index contributed by atoms with van der Waals surface area (Å²) in [6.45, 7) is 0. The van der Waals surface area contributed by atoms with Crippen molar-refractivity contribution >= 4 is 5.57 Å². The lowest BCUT2D eigenvalue weighted by Crippen LogP contribution is -1.87. The van der Waals surface area contributed by atoms with Crippen LogP contribution in [0.2, 0.25) is 0 Å². The van der Waals surface area contributed by atoms with Crippen LogP contribution in [0.4, 0.5) is 4.39 Å². The van der Waals surface area contributed by atoms with E-state index in [0.717, 1.165) is 11.3 Å². The minimum absolute atomic E-state index is 0.389. The summed E-state index contributed by atoms with van der Waals surface area (Å²) in [6.07, 6.45) is 9.32. The van der Waals surface area contributed by atoms with Crippen LogP contribution in [0.3, 0.4) is 0 Å². The van der Waals surface area contributed by atoms with Gasteiger partial charge in [0.1, 0.15) is 0 Å². The van der Waals surface area contributed by atoms with E-state index in [9.17, 15) is 4.39 Å². The fraction of sp³-hybridized carbons (Fsp3) is 0.250. The first kappa shape index (κ1) is 8.49. The Morgan fingerprint density at radius 2 is 2.20 bits per heavy atom. The molecule has 1 aromatic heterocycles. The topological polar surface area (TPSA) is 17.8 Å². The molecule has 1 saturated carbocycles. The Morgan fingerprint density at radius 3 is 2.87 bits per heavy atom. The van der Waals surface area contributed by atoms with E-state index >= 15 is 0 Å². The van der Waals surface area contributed by atoms with Gasteiger partial charge in [-0.05, 0) is 30.7 Å². The van der Waals surface area contributed by atoms with Crippen molar-refractivity contribution in [3.63, 3.8) is 0 Å². The Hall–Kier alpha value is -1.82. The van der Waals surface area contributed by atoms with Gasteiger partial charge in [0, 0.05) is 12.2 Å². The van der Waals surface area contributed by atoms with Crippen LogP contribution in [0.15, 0.2) is 42.0 Å². The molecule has 2 aliphatic rings. The van der Waals surface area contributed by atoms with Crippen molar-refractivity contribution in [2.45, 2.75) is 18.9 Å². The number of hydrogen-bond acceptors (Lipinski definition) is 1. The highest BCUT2D eigenvalue weighted by Crippen LogP contribution is 2.35. The van der Waals surface area contributed by atoms with Crippen molar-refractivity contribution in [1.82, 2.24) is 9.55 Å². The molecule has 1 fully saturated rings. The number of hydrogen-bond donors (Lipinski definition) is 0. The van der Waals surface area contributed by atoms with E-state index < -0.39 is 0 Å². The van der Waals surface area contributed by atoms with E-state index in [1.807, 2.05) is 12.5 Å². The highest BCUT2D eigenvalue weighted by Gasteiger charge is 2.23. The molecule has 0 spiro atoms. The van der Waals surface area contributed by atoms with Crippen molar-refractivity contribution in [2.75, 3.05) is 0 Å². The normalized spacial score (nSPS) is 19.0. The predicted molar refractivity (Wildman–Crippen MR) is 54.7 cm³/mol. The van der Waals surface area contributed by atoms with Crippen molar-refractivity contribution in [1.29, 1.82) is 0 Å². The average Bonchev–Trinajstić information content (AvgIpc) is 2.99. The molecule has 3 heteroatoms. The third-order valence-corrected chi connectivity index (χ3v) is 2.56. The summed E-state index contributed by atoms with van der Waals surface area (Å²) in [5, 5.41) is 0.